The van der Waals surface area contributed by atoms with Crippen LogP contribution in [0.3, 0.4) is 0 Å². The largest absolute Gasteiger partial charge is 0.378 e. The minimum absolute atomic E-state index is 0. The topological polar surface area (TPSA) is 60.0 Å². The lowest BCUT2D eigenvalue weighted by Crippen LogP contribution is -2.45. The lowest BCUT2D eigenvalue weighted by molar-refractivity contribution is -0.134. The van der Waals surface area contributed by atoms with Crippen LogP contribution in [0, 0.1) is 5.92 Å². The number of likely N-dealkylation sites (tertiary alicyclic amines) is 1. The lowest BCUT2D eigenvalue weighted by Gasteiger charge is -2.21. The molecule has 1 aromatic carbocycles. The molecule has 0 aromatic heterocycles. The van der Waals surface area contributed by atoms with Crippen molar-refractivity contribution in [1.82, 2.24) is 15.5 Å². The average molecular weight is 513 g/mol. The van der Waals surface area contributed by atoms with Crippen molar-refractivity contribution in [1.29, 1.82) is 0 Å². The molecule has 1 amide bonds. The second-order valence-electron chi connectivity index (χ2n) is 8.16. The Labute approximate surface area is 192 Å². The number of hydrogen-bond acceptors (Lipinski definition) is 3. The second-order valence-corrected chi connectivity index (χ2v) is 8.16. The molecular weight excluding hydrogens is 477 g/mol. The van der Waals surface area contributed by atoms with E-state index >= 15 is 0 Å². The molecular formula is C22H36IN5O. The van der Waals surface area contributed by atoms with Crippen LogP contribution >= 0.6 is 24.0 Å². The summed E-state index contributed by atoms with van der Waals surface area (Å²) in [5.41, 5.74) is 2.37. The van der Waals surface area contributed by atoms with Crippen molar-refractivity contribution < 1.29 is 4.79 Å². The van der Waals surface area contributed by atoms with Crippen molar-refractivity contribution in [2.75, 3.05) is 38.6 Å². The van der Waals surface area contributed by atoms with Crippen LogP contribution < -0.4 is 15.5 Å². The molecule has 1 aromatic rings. The van der Waals surface area contributed by atoms with Crippen LogP contribution in [0.1, 0.15) is 44.6 Å². The van der Waals surface area contributed by atoms with Crippen LogP contribution in [-0.2, 0) is 11.3 Å². The number of halogens is 1. The molecule has 0 radical (unpaired) electrons. The van der Waals surface area contributed by atoms with E-state index in [4.69, 9.17) is 4.99 Å². The van der Waals surface area contributed by atoms with Gasteiger partial charge in [0, 0.05) is 51.4 Å². The number of nitrogens with one attached hydrogen (secondary N) is 2. The first-order valence-electron chi connectivity index (χ1n) is 10.7. The molecule has 162 valence electrons. The van der Waals surface area contributed by atoms with E-state index in [2.05, 4.69) is 51.6 Å². The van der Waals surface area contributed by atoms with E-state index in [-0.39, 0.29) is 35.9 Å². The number of guanidine groups is 1. The Bertz CT molecular complexity index is 688. The van der Waals surface area contributed by atoms with E-state index in [0.29, 0.717) is 12.5 Å². The zero-order chi connectivity index (χ0) is 19.9. The molecule has 2 fully saturated rings. The molecule has 1 unspecified atom stereocenters. The number of rotatable bonds is 6. The van der Waals surface area contributed by atoms with E-state index in [0.717, 1.165) is 44.9 Å². The fourth-order valence-electron chi connectivity index (χ4n) is 4.13. The maximum atomic E-state index is 12.7. The maximum Gasteiger partial charge on any atom is 0.225 e. The van der Waals surface area contributed by atoms with Gasteiger partial charge in [-0.1, -0.05) is 25.0 Å². The highest BCUT2D eigenvalue weighted by atomic mass is 127. The van der Waals surface area contributed by atoms with Gasteiger partial charge in [-0.3, -0.25) is 4.79 Å². The fourth-order valence-corrected chi connectivity index (χ4v) is 4.13. The highest BCUT2D eigenvalue weighted by Gasteiger charge is 2.32. The summed E-state index contributed by atoms with van der Waals surface area (Å²) in [6.45, 7) is 5.18. The van der Waals surface area contributed by atoms with Crippen molar-refractivity contribution in [3.8, 4) is 0 Å². The van der Waals surface area contributed by atoms with Crippen LogP contribution in [0.4, 0.5) is 5.69 Å². The van der Waals surface area contributed by atoms with Gasteiger partial charge in [0.25, 0.3) is 0 Å². The number of carbonyl (C=O) groups excluding carboxylic acids is 1. The SMILES string of the molecule is CCNC(=NCc1cccc(N(C)C)c1)NC1CCN(C(=O)C2CCCC2)C1.I. The summed E-state index contributed by atoms with van der Waals surface area (Å²) in [6.07, 6.45) is 5.54. The van der Waals surface area contributed by atoms with E-state index in [9.17, 15) is 4.79 Å². The van der Waals surface area contributed by atoms with Crippen molar-refractivity contribution in [2.45, 2.75) is 51.6 Å². The monoisotopic (exact) mass is 513 g/mol. The molecule has 1 aliphatic heterocycles. The fraction of sp³-hybridized carbons (Fsp3) is 0.636. The molecule has 0 spiro atoms. The van der Waals surface area contributed by atoms with Gasteiger partial charge in [-0.25, -0.2) is 4.99 Å². The third-order valence-electron chi connectivity index (χ3n) is 5.74. The number of aliphatic imine (C=N–C) groups is 1. The van der Waals surface area contributed by atoms with Gasteiger partial charge in [-0.2, -0.15) is 0 Å². The van der Waals surface area contributed by atoms with Crippen molar-refractivity contribution in [2.24, 2.45) is 10.9 Å². The van der Waals surface area contributed by atoms with Gasteiger partial charge in [0.1, 0.15) is 0 Å². The van der Waals surface area contributed by atoms with Gasteiger partial charge in [-0.05, 0) is 43.9 Å². The molecule has 2 aliphatic rings. The molecule has 1 saturated carbocycles. The smallest absolute Gasteiger partial charge is 0.225 e. The Kier molecular flexibility index (Phi) is 9.52. The molecule has 3 rings (SSSR count). The normalized spacial score (nSPS) is 19.8. The molecule has 7 heteroatoms. The van der Waals surface area contributed by atoms with Gasteiger partial charge in [0.05, 0.1) is 6.54 Å². The zero-order valence-corrected chi connectivity index (χ0v) is 20.3. The predicted molar refractivity (Wildman–Crippen MR) is 131 cm³/mol. The summed E-state index contributed by atoms with van der Waals surface area (Å²) < 4.78 is 0. The Morgan fingerprint density at radius 2 is 2.00 bits per heavy atom. The van der Waals surface area contributed by atoms with Crippen molar-refractivity contribution in [3.05, 3.63) is 29.8 Å². The minimum Gasteiger partial charge on any atom is -0.378 e. The molecule has 1 aliphatic carbocycles. The first-order chi connectivity index (χ1) is 13.6. The first kappa shape index (κ1) is 23.8. The predicted octanol–water partition coefficient (Wildman–Crippen LogP) is 3.22. The third-order valence-corrected chi connectivity index (χ3v) is 5.74. The maximum absolute atomic E-state index is 12.7. The third kappa shape index (κ3) is 6.76. The molecule has 2 N–H and O–H groups in total. The van der Waals surface area contributed by atoms with Crippen LogP contribution in [0.15, 0.2) is 29.3 Å². The number of amides is 1. The van der Waals surface area contributed by atoms with Crippen molar-refractivity contribution >= 4 is 41.5 Å². The summed E-state index contributed by atoms with van der Waals surface area (Å²) in [5.74, 6) is 1.46. The summed E-state index contributed by atoms with van der Waals surface area (Å²) in [7, 11) is 4.10. The van der Waals surface area contributed by atoms with Crippen LogP contribution in [-0.4, -0.2) is 56.5 Å². The highest BCUT2D eigenvalue weighted by Crippen LogP contribution is 2.27. The van der Waals surface area contributed by atoms with Gasteiger partial charge in [0.15, 0.2) is 5.96 Å². The van der Waals surface area contributed by atoms with E-state index in [1.807, 2.05) is 14.1 Å². The Balaban J connectivity index is 0.00000300. The summed E-state index contributed by atoms with van der Waals surface area (Å²) >= 11 is 0. The van der Waals surface area contributed by atoms with E-state index in [1.165, 1.54) is 24.1 Å². The summed E-state index contributed by atoms with van der Waals surface area (Å²) in [6, 6.07) is 8.73. The quantitative estimate of drug-likeness (QED) is 0.349. The number of hydrogen-bond donors (Lipinski definition) is 2. The van der Waals surface area contributed by atoms with E-state index < -0.39 is 0 Å². The molecule has 1 atom stereocenters. The van der Waals surface area contributed by atoms with Gasteiger partial charge in [-0.15, -0.1) is 24.0 Å². The lowest BCUT2D eigenvalue weighted by atomic mass is 10.1. The molecule has 0 bridgehead atoms. The second kappa shape index (κ2) is 11.6. The zero-order valence-electron chi connectivity index (χ0n) is 18.0. The van der Waals surface area contributed by atoms with Gasteiger partial charge in [0.2, 0.25) is 5.91 Å². The van der Waals surface area contributed by atoms with Crippen LogP contribution in [0.5, 0.6) is 0 Å². The van der Waals surface area contributed by atoms with Crippen LogP contribution in [0.25, 0.3) is 0 Å². The summed E-state index contributed by atoms with van der Waals surface area (Å²) in [5, 5.41) is 6.88. The minimum atomic E-state index is 0. The molecule has 1 heterocycles. The Morgan fingerprint density at radius 1 is 1.24 bits per heavy atom. The van der Waals surface area contributed by atoms with Gasteiger partial charge >= 0.3 is 0 Å². The molecule has 6 nitrogen and oxygen atoms in total. The number of carbonyl (C=O) groups is 1. The van der Waals surface area contributed by atoms with Crippen LogP contribution in [0.2, 0.25) is 0 Å². The van der Waals surface area contributed by atoms with Gasteiger partial charge < -0.3 is 20.4 Å². The Hall–Kier alpha value is -1.51. The highest BCUT2D eigenvalue weighted by molar-refractivity contribution is 14.0. The standard InChI is InChI=1S/C22H35N5O.HI/c1-4-23-22(24-15-17-8-7-11-20(14-17)26(2)3)25-19-12-13-27(16-19)21(28)18-9-5-6-10-18;/h7-8,11,14,18-19H,4-6,9-10,12-13,15-16H2,1-3H3,(H2,23,24,25);1H. The number of benzene rings is 1. The summed E-state index contributed by atoms with van der Waals surface area (Å²) in [4.78, 5) is 21.6. The molecule has 1 saturated heterocycles. The number of anilines is 1. The van der Waals surface area contributed by atoms with E-state index in [1.54, 1.807) is 0 Å². The average Bonchev–Trinajstić information content (AvgIpc) is 3.38. The Morgan fingerprint density at radius 3 is 2.69 bits per heavy atom. The van der Waals surface area contributed by atoms with Crippen molar-refractivity contribution in [3.63, 3.8) is 0 Å². The number of nitrogens with zero attached hydrogens (tertiary/aromatic N) is 3. The molecule has 29 heavy (non-hydrogen) atoms. The first-order valence-corrected chi connectivity index (χ1v) is 10.7.